The zero-order chi connectivity index (χ0) is 20.1. The quantitative estimate of drug-likeness (QED) is 0.689. The lowest BCUT2D eigenvalue weighted by Crippen LogP contribution is -3.12. The van der Waals surface area contributed by atoms with Crippen LogP contribution in [0.25, 0.3) is 0 Å². The predicted molar refractivity (Wildman–Crippen MR) is 109 cm³/mol. The summed E-state index contributed by atoms with van der Waals surface area (Å²) in [5.74, 6) is -0.0992. The number of amides is 1. The molecular formula is C19H26N3O4S2+. The number of likely N-dealkylation sites (N-methyl/N-ethyl adjacent to an activating group) is 1. The van der Waals surface area contributed by atoms with Crippen molar-refractivity contribution in [3.63, 3.8) is 0 Å². The number of quaternary nitrogens is 1. The maximum absolute atomic E-state index is 12.7. The number of morpholine rings is 1. The van der Waals surface area contributed by atoms with E-state index in [9.17, 15) is 13.2 Å². The van der Waals surface area contributed by atoms with E-state index in [1.54, 1.807) is 23.5 Å². The van der Waals surface area contributed by atoms with Crippen molar-refractivity contribution in [1.29, 1.82) is 0 Å². The average molecular weight is 425 g/mol. The van der Waals surface area contributed by atoms with Gasteiger partial charge in [0, 0.05) is 18.8 Å². The highest BCUT2D eigenvalue weighted by molar-refractivity contribution is 7.89. The third kappa shape index (κ3) is 4.98. The molecule has 3 rings (SSSR count). The Bertz CT molecular complexity index is 876. The van der Waals surface area contributed by atoms with Gasteiger partial charge in [0.25, 0.3) is 5.91 Å². The van der Waals surface area contributed by atoms with Crippen LogP contribution in [0.3, 0.4) is 0 Å². The maximum Gasteiger partial charge on any atom is 0.282 e. The number of benzene rings is 1. The molecule has 7 nitrogen and oxygen atoms in total. The molecule has 2 N–H and O–H groups in total. The van der Waals surface area contributed by atoms with Gasteiger partial charge in [-0.1, -0.05) is 6.07 Å². The summed E-state index contributed by atoms with van der Waals surface area (Å²) in [4.78, 5) is 15.1. The molecule has 1 aromatic heterocycles. The number of rotatable bonds is 7. The lowest BCUT2D eigenvalue weighted by molar-refractivity contribution is -0.907. The van der Waals surface area contributed by atoms with Crippen molar-refractivity contribution in [2.45, 2.75) is 24.4 Å². The fourth-order valence-corrected chi connectivity index (χ4v) is 5.17. The van der Waals surface area contributed by atoms with Gasteiger partial charge in [0.05, 0.1) is 30.0 Å². The number of sulfonamides is 1. The Morgan fingerprint density at radius 3 is 2.54 bits per heavy atom. The Hall–Kier alpha value is -1.78. The highest BCUT2D eigenvalue weighted by Gasteiger charge is 2.26. The van der Waals surface area contributed by atoms with Crippen LogP contribution < -0.4 is 10.2 Å². The second kappa shape index (κ2) is 9.15. The van der Waals surface area contributed by atoms with Crippen LogP contribution in [0, 0.1) is 0 Å². The number of hydrogen-bond acceptors (Lipinski definition) is 5. The SMILES string of the molecule is C[C@H](C(=O)Nc1ccc(S(=O)(=O)N2CCOCC2)cc1)[NH+](C)Cc1cccs1. The van der Waals surface area contributed by atoms with Crippen LogP contribution >= 0.6 is 11.3 Å². The minimum atomic E-state index is -3.53. The summed E-state index contributed by atoms with van der Waals surface area (Å²) in [6.45, 7) is 4.20. The molecule has 1 fully saturated rings. The third-order valence-corrected chi connectivity index (χ3v) is 7.68. The number of thiophene rings is 1. The van der Waals surface area contributed by atoms with Gasteiger partial charge in [-0.2, -0.15) is 4.31 Å². The van der Waals surface area contributed by atoms with E-state index in [0.29, 0.717) is 32.0 Å². The first-order valence-corrected chi connectivity index (χ1v) is 11.5. The van der Waals surface area contributed by atoms with Crippen LogP contribution in [0.15, 0.2) is 46.7 Å². The molecule has 0 saturated carbocycles. The summed E-state index contributed by atoms with van der Waals surface area (Å²) >= 11 is 1.68. The molecule has 0 radical (unpaired) electrons. The average Bonchev–Trinajstić information content (AvgIpc) is 3.21. The third-order valence-electron chi connectivity index (χ3n) is 4.90. The summed E-state index contributed by atoms with van der Waals surface area (Å²) in [6.07, 6.45) is 0. The van der Waals surface area contributed by atoms with Gasteiger partial charge in [-0.3, -0.25) is 4.79 Å². The minimum Gasteiger partial charge on any atom is -0.379 e. The van der Waals surface area contributed by atoms with E-state index in [2.05, 4.69) is 11.4 Å². The van der Waals surface area contributed by atoms with E-state index in [1.807, 2.05) is 25.4 Å². The largest absolute Gasteiger partial charge is 0.379 e. The van der Waals surface area contributed by atoms with E-state index in [1.165, 1.54) is 21.3 Å². The normalized spacial score (nSPS) is 17.8. The minimum absolute atomic E-state index is 0.0992. The molecule has 9 heteroatoms. The molecule has 0 spiro atoms. The van der Waals surface area contributed by atoms with Gasteiger partial charge >= 0.3 is 0 Å². The molecule has 0 aliphatic carbocycles. The molecule has 1 aliphatic rings. The number of nitrogens with zero attached hydrogens (tertiary/aromatic N) is 1. The van der Waals surface area contributed by atoms with E-state index < -0.39 is 10.0 Å². The Morgan fingerprint density at radius 1 is 1.25 bits per heavy atom. The van der Waals surface area contributed by atoms with E-state index in [0.717, 1.165) is 11.4 Å². The van der Waals surface area contributed by atoms with Crippen LogP contribution in [0.1, 0.15) is 11.8 Å². The Balaban J connectivity index is 1.61. The molecule has 2 atom stereocenters. The fourth-order valence-electron chi connectivity index (χ4n) is 2.96. The first-order chi connectivity index (χ1) is 13.4. The van der Waals surface area contributed by atoms with E-state index in [-0.39, 0.29) is 16.8 Å². The van der Waals surface area contributed by atoms with Gasteiger partial charge in [-0.25, -0.2) is 8.42 Å². The van der Waals surface area contributed by atoms with Crippen LogP contribution in [0.5, 0.6) is 0 Å². The number of hydrogen-bond donors (Lipinski definition) is 2. The number of ether oxygens (including phenoxy) is 1. The second-order valence-corrected chi connectivity index (χ2v) is 9.82. The van der Waals surface area contributed by atoms with Crippen LogP contribution in [-0.4, -0.2) is 58.0 Å². The molecule has 2 heterocycles. The Labute approximate surface area is 170 Å². The van der Waals surface area contributed by atoms with Crippen LogP contribution in [0.2, 0.25) is 0 Å². The van der Waals surface area contributed by atoms with Crippen molar-refractivity contribution in [3.8, 4) is 0 Å². The zero-order valence-corrected chi connectivity index (χ0v) is 17.7. The van der Waals surface area contributed by atoms with Gasteiger partial charge in [-0.15, -0.1) is 11.3 Å². The number of anilines is 1. The maximum atomic E-state index is 12.7. The van der Waals surface area contributed by atoms with E-state index >= 15 is 0 Å². The molecule has 1 saturated heterocycles. The molecular weight excluding hydrogens is 398 g/mol. The Morgan fingerprint density at radius 2 is 1.93 bits per heavy atom. The molecule has 1 aromatic carbocycles. The van der Waals surface area contributed by atoms with Crippen molar-refractivity contribution in [1.82, 2.24) is 4.31 Å². The smallest absolute Gasteiger partial charge is 0.282 e. The molecule has 2 aromatic rings. The van der Waals surface area contributed by atoms with Crippen molar-refractivity contribution in [3.05, 3.63) is 46.7 Å². The summed E-state index contributed by atoms with van der Waals surface area (Å²) in [5, 5.41) is 4.90. The molecule has 1 aliphatic heterocycles. The summed E-state index contributed by atoms with van der Waals surface area (Å²) in [7, 11) is -1.54. The summed E-state index contributed by atoms with van der Waals surface area (Å²) < 4.78 is 31.9. The second-order valence-electron chi connectivity index (χ2n) is 6.85. The first kappa shape index (κ1) is 20.9. The van der Waals surface area contributed by atoms with Crippen molar-refractivity contribution in [2.75, 3.05) is 38.7 Å². The predicted octanol–water partition coefficient (Wildman–Crippen LogP) is 0.811. The molecule has 0 bridgehead atoms. The highest BCUT2D eigenvalue weighted by Crippen LogP contribution is 2.19. The van der Waals surface area contributed by atoms with Gasteiger partial charge in [0.2, 0.25) is 10.0 Å². The fraction of sp³-hybridized carbons (Fsp3) is 0.421. The van der Waals surface area contributed by atoms with Crippen molar-refractivity contribution < 1.29 is 22.8 Å². The lowest BCUT2D eigenvalue weighted by atomic mass is 10.2. The van der Waals surface area contributed by atoms with Crippen LogP contribution in [-0.2, 0) is 26.1 Å². The molecule has 1 amide bonds. The molecule has 152 valence electrons. The van der Waals surface area contributed by atoms with Gasteiger partial charge < -0.3 is 15.0 Å². The zero-order valence-electron chi connectivity index (χ0n) is 16.1. The standard InChI is InChI=1S/C19H25N3O4S2/c1-15(21(2)14-17-4-3-13-27-17)19(23)20-16-5-7-18(8-6-16)28(24,25)22-9-11-26-12-10-22/h3-8,13,15H,9-12,14H2,1-2H3,(H,20,23)/p+1/t15-/m1/s1. The number of carbonyl (C=O) groups excluding carboxylic acids is 1. The molecule has 1 unspecified atom stereocenters. The first-order valence-electron chi connectivity index (χ1n) is 9.21. The summed E-state index contributed by atoms with van der Waals surface area (Å²) in [5.41, 5.74) is 0.585. The van der Waals surface area contributed by atoms with Crippen molar-refractivity contribution in [2.24, 2.45) is 0 Å². The highest BCUT2D eigenvalue weighted by atomic mass is 32.2. The Kier molecular flexibility index (Phi) is 6.84. The van der Waals surface area contributed by atoms with Crippen LogP contribution in [0.4, 0.5) is 5.69 Å². The monoisotopic (exact) mass is 424 g/mol. The number of carbonyl (C=O) groups is 1. The van der Waals surface area contributed by atoms with Gasteiger partial charge in [0.15, 0.2) is 6.04 Å². The van der Waals surface area contributed by atoms with E-state index in [4.69, 9.17) is 4.74 Å². The summed E-state index contributed by atoms with van der Waals surface area (Å²) in [6, 6.07) is 10.2. The lowest BCUT2D eigenvalue weighted by Gasteiger charge is -2.26. The van der Waals surface area contributed by atoms with Crippen molar-refractivity contribution >= 4 is 33.0 Å². The molecule has 28 heavy (non-hydrogen) atoms. The topological polar surface area (TPSA) is 80.2 Å². The number of nitrogens with one attached hydrogen (secondary N) is 2. The van der Waals surface area contributed by atoms with Gasteiger partial charge in [-0.05, 0) is 42.6 Å². The van der Waals surface area contributed by atoms with Gasteiger partial charge in [0.1, 0.15) is 6.54 Å².